The van der Waals surface area contributed by atoms with Crippen LogP contribution in [-0.2, 0) is 19.1 Å². The van der Waals surface area contributed by atoms with Gasteiger partial charge in [-0.1, -0.05) is 137 Å². The fourth-order valence-corrected chi connectivity index (χ4v) is 16.9. The Morgan fingerprint density at radius 1 is 0.512 bits per heavy atom. The number of ether oxygens (including phenoxy) is 1. The summed E-state index contributed by atoms with van der Waals surface area (Å²) in [6, 6.07) is 29.2. The molecular formula is C54H79N5O10S15. The first-order chi connectivity index (χ1) is 40.3. The minimum atomic E-state index is -0.833. The van der Waals surface area contributed by atoms with Crippen LogP contribution in [0.5, 0.6) is 0 Å². The van der Waals surface area contributed by atoms with E-state index in [1.807, 2.05) is 105 Å². The van der Waals surface area contributed by atoms with E-state index in [1.54, 1.807) is 155 Å². The lowest BCUT2D eigenvalue weighted by atomic mass is 10.2. The lowest BCUT2D eigenvalue weighted by Gasteiger charge is -2.21. The molecule has 0 aliphatic carbocycles. The molecule has 5 aromatic heterocycles. The number of esters is 1. The number of hydrogen-bond acceptors (Lipinski definition) is 28. The summed E-state index contributed by atoms with van der Waals surface area (Å²) in [6.07, 6.45) is 13.4. The smallest absolute Gasteiger partial charge is 0.322 e. The van der Waals surface area contributed by atoms with Gasteiger partial charge in [0.25, 0.3) is 5.97 Å². The minimum Gasteiger partial charge on any atom is -0.481 e. The number of hydrogen-bond donors (Lipinski definition) is 7. The van der Waals surface area contributed by atoms with Crippen LogP contribution >= 0.6 is 170 Å². The molecule has 0 amide bonds. The van der Waals surface area contributed by atoms with E-state index in [-0.39, 0.29) is 25.8 Å². The second-order valence-corrected chi connectivity index (χ2v) is 33.5. The van der Waals surface area contributed by atoms with Crippen molar-refractivity contribution in [1.29, 1.82) is 0 Å². The van der Waals surface area contributed by atoms with E-state index in [0.717, 1.165) is 101 Å². The van der Waals surface area contributed by atoms with Crippen LogP contribution in [0.25, 0.3) is 0 Å². The molecular weight excluding hydrogens is 1360 g/mol. The van der Waals surface area contributed by atoms with E-state index in [2.05, 4.69) is 51.4 Å². The molecule has 0 fully saturated rings. The van der Waals surface area contributed by atoms with Gasteiger partial charge in [0, 0.05) is 68.0 Å². The number of aliphatic hydroxyl groups excluding tert-OH is 4. The van der Waals surface area contributed by atoms with Crippen LogP contribution in [0, 0.1) is 0 Å². The molecule has 30 heteroatoms. The van der Waals surface area contributed by atoms with Crippen LogP contribution in [0.2, 0.25) is 0 Å². The second-order valence-electron chi connectivity index (χ2n) is 15.7. The fraction of sp³-hybridized carbons (Fsp3) is 0.444. The summed E-state index contributed by atoms with van der Waals surface area (Å²) in [4.78, 5) is 52.9. The first kappa shape index (κ1) is 86.9. The SMILES string of the molecule is CC(=O)O.CCCCSC(=S)SC(C)(C)C(=O)O.CCCCSC(=S)SC(C)(C)C(=O)OCCSSc1ccccn1.CO.OCCS.OCCSSc1ccccn1.OCCSSc1ccccn1.c1ccc(SSc2ccccn2)nc1. The van der Waals surface area contributed by atoms with Crippen molar-refractivity contribution >= 4 is 195 Å². The number of carbonyl (C=O) groups excluding carboxylic acids is 1. The number of unbranched alkanes of at least 4 members (excludes halogenated alkanes) is 2. The Morgan fingerprint density at radius 2 is 0.810 bits per heavy atom. The molecule has 0 saturated heterocycles. The van der Waals surface area contributed by atoms with Crippen molar-refractivity contribution in [2.75, 3.05) is 68.1 Å². The summed E-state index contributed by atoms with van der Waals surface area (Å²) in [5.41, 5.74) is 0. The maximum Gasteiger partial charge on any atom is 0.322 e. The molecule has 0 aliphatic heterocycles. The average Bonchev–Trinajstić information content (AvgIpc) is 3.55. The van der Waals surface area contributed by atoms with Gasteiger partial charge in [-0.2, -0.15) is 12.6 Å². The predicted molar refractivity (Wildman–Crippen MR) is 386 cm³/mol. The van der Waals surface area contributed by atoms with E-state index >= 15 is 0 Å². The van der Waals surface area contributed by atoms with E-state index in [1.165, 1.54) is 23.5 Å². The van der Waals surface area contributed by atoms with Crippen LogP contribution in [0.15, 0.2) is 147 Å². The maximum atomic E-state index is 12.2. The third-order valence-corrected chi connectivity index (χ3v) is 22.5. The maximum absolute atomic E-state index is 12.2. The van der Waals surface area contributed by atoms with Crippen LogP contribution in [0.3, 0.4) is 0 Å². The number of thiocarbonyl (C=S) groups is 2. The summed E-state index contributed by atoms with van der Waals surface area (Å²) in [7, 11) is 13.8. The molecule has 5 rings (SSSR count). The van der Waals surface area contributed by atoms with E-state index in [4.69, 9.17) is 64.6 Å². The zero-order chi connectivity index (χ0) is 63.5. The number of carbonyl (C=O) groups is 3. The number of thiol groups is 1. The van der Waals surface area contributed by atoms with Crippen molar-refractivity contribution in [3.05, 3.63) is 122 Å². The zero-order valence-electron chi connectivity index (χ0n) is 48.2. The van der Waals surface area contributed by atoms with Crippen LogP contribution in [0.4, 0.5) is 0 Å². The number of nitrogens with zero attached hydrogens (tertiary/aromatic N) is 5. The average molecular weight is 1440 g/mol. The topological polar surface area (TPSA) is 246 Å². The predicted octanol–water partition coefficient (Wildman–Crippen LogP) is 15.6. The van der Waals surface area contributed by atoms with Gasteiger partial charge < -0.3 is 35.4 Å². The Labute approximate surface area is 563 Å². The van der Waals surface area contributed by atoms with Crippen molar-refractivity contribution < 1.29 is 49.8 Å². The molecule has 0 aliphatic rings. The normalized spacial score (nSPS) is 10.1. The highest BCUT2D eigenvalue weighted by molar-refractivity contribution is 8.77. The molecule has 84 heavy (non-hydrogen) atoms. The van der Waals surface area contributed by atoms with Crippen LogP contribution < -0.4 is 0 Å². The highest BCUT2D eigenvalue weighted by Gasteiger charge is 2.32. The van der Waals surface area contributed by atoms with Crippen molar-refractivity contribution in [2.45, 2.75) is 109 Å². The Hall–Kier alpha value is -1.27. The molecule has 0 unspecified atom stereocenters. The molecule has 0 atom stereocenters. The third kappa shape index (κ3) is 57.2. The van der Waals surface area contributed by atoms with Crippen LogP contribution in [-0.4, -0.2) is 158 Å². The number of rotatable bonds is 27. The van der Waals surface area contributed by atoms with E-state index < -0.39 is 21.4 Å². The minimum absolute atomic E-state index is 0.184. The number of thioether (sulfide) groups is 4. The number of aromatic nitrogens is 5. The van der Waals surface area contributed by atoms with Crippen molar-refractivity contribution in [1.82, 2.24) is 24.9 Å². The lowest BCUT2D eigenvalue weighted by Crippen LogP contribution is -2.31. The molecule has 0 spiro atoms. The summed E-state index contributed by atoms with van der Waals surface area (Å²) in [6.45, 7) is 13.5. The first-order valence-electron chi connectivity index (χ1n) is 25.3. The van der Waals surface area contributed by atoms with Gasteiger partial charge in [-0.15, -0.1) is 23.5 Å². The molecule has 470 valence electrons. The summed E-state index contributed by atoms with van der Waals surface area (Å²) in [5, 5.41) is 53.0. The highest BCUT2D eigenvalue weighted by atomic mass is 33.1. The van der Waals surface area contributed by atoms with Gasteiger partial charge in [0.2, 0.25) is 0 Å². The molecule has 5 heterocycles. The zero-order valence-corrected chi connectivity index (χ0v) is 60.5. The molecule has 6 N–H and O–H groups in total. The van der Waals surface area contributed by atoms with Gasteiger partial charge in [-0.05, 0) is 167 Å². The Morgan fingerprint density at radius 3 is 1.07 bits per heavy atom. The monoisotopic (exact) mass is 1440 g/mol. The van der Waals surface area contributed by atoms with Gasteiger partial charge in [-0.25, -0.2) is 24.9 Å². The highest BCUT2D eigenvalue weighted by Crippen LogP contribution is 2.36. The van der Waals surface area contributed by atoms with Gasteiger partial charge in [-0.3, -0.25) is 14.4 Å². The molecule has 5 aromatic rings. The number of carboxylic acid groups (broad SMARTS) is 2. The Balaban J connectivity index is -0.000000963. The lowest BCUT2D eigenvalue weighted by molar-refractivity contribution is -0.145. The molecule has 0 radical (unpaired) electrons. The van der Waals surface area contributed by atoms with Gasteiger partial charge in [0.05, 0.1) is 19.8 Å². The summed E-state index contributed by atoms with van der Waals surface area (Å²) >= 11 is 20.0. The third-order valence-electron chi connectivity index (χ3n) is 7.80. The van der Waals surface area contributed by atoms with Gasteiger partial charge in [0.1, 0.15) is 48.3 Å². The largest absolute Gasteiger partial charge is 0.481 e. The van der Waals surface area contributed by atoms with Crippen molar-refractivity contribution in [3.63, 3.8) is 0 Å². The first-order valence-corrected chi connectivity index (χ1v) is 39.5. The second kappa shape index (κ2) is 61.9. The molecule has 0 bridgehead atoms. The number of aliphatic carboxylic acids is 2. The number of pyridine rings is 5. The summed E-state index contributed by atoms with van der Waals surface area (Å²) < 4.78 is 5.47. The van der Waals surface area contributed by atoms with Crippen molar-refractivity contribution in [2.24, 2.45) is 0 Å². The Kier molecular flexibility index (Phi) is 64.1. The van der Waals surface area contributed by atoms with Crippen LogP contribution in [0.1, 0.15) is 74.1 Å². The summed E-state index contributed by atoms with van der Waals surface area (Å²) in [5.74, 6) is 2.93. The standard InChI is InChI=1S/C16H23NO2S5.C10H8N2S2.C9H16O2S3.2C7H9NOS2.C2H4O2.C2H6OS.CH4O/c1-4-5-11-21-15(20)23-16(2,3)14(18)19-10-12-22-24-13-8-6-7-9-17-13;1-3-7-11-9(5-1)13-14-10-6-2-4-8-12-10;1-4-5-6-13-8(12)14-9(2,3)7(10)11;2*9-5-6-10-11-7-3-1-2-4-8-7;1-2(3)4;3-1-2-4;1-2/h6-9H,4-5,10-12H2,1-3H3;1-8H;4-6H2,1-3H3,(H,10,11);2*1-4,9H,5-6H2;1H3,(H,3,4);3-4H,1-2H2;2H,1H3. The Bertz CT molecular complexity index is 2250. The van der Waals surface area contributed by atoms with E-state index in [0.29, 0.717) is 12.4 Å². The van der Waals surface area contributed by atoms with Crippen molar-refractivity contribution in [3.8, 4) is 0 Å². The number of carboxylic acids is 2. The molecule has 0 aromatic carbocycles. The fourth-order valence-electron chi connectivity index (χ4n) is 3.95. The quantitative estimate of drug-likeness (QED) is 0.00849. The molecule has 0 saturated carbocycles. The van der Waals surface area contributed by atoms with E-state index in [9.17, 15) is 9.59 Å². The van der Waals surface area contributed by atoms with Gasteiger partial charge in [0.15, 0.2) is 0 Å². The van der Waals surface area contributed by atoms with Gasteiger partial charge >= 0.3 is 11.9 Å². The number of aliphatic hydroxyl groups is 4. The molecule has 15 nitrogen and oxygen atoms in total.